The number of nitrogens with two attached hydrogens (primary N) is 1. The first kappa shape index (κ1) is 14.3. The van der Waals surface area contributed by atoms with Gasteiger partial charge in [0.05, 0.1) is 0 Å². The van der Waals surface area contributed by atoms with Crippen LogP contribution >= 0.6 is 28.3 Å². The molecule has 0 fully saturated rings. The summed E-state index contributed by atoms with van der Waals surface area (Å²) in [5.74, 6) is -0.487. The van der Waals surface area contributed by atoms with E-state index < -0.39 is 13.1 Å². The molecule has 0 aromatic heterocycles. The maximum Gasteiger partial charge on any atom is 0.469 e. The molecule has 0 aliphatic carbocycles. The van der Waals surface area contributed by atoms with Crippen LogP contribution in [0.2, 0.25) is 0 Å². The summed E-state index contributed by atoms with van der Waals surface area (Å²) in [5, 5.41) is 18.0. The smallest absolute Gasteiger partial charge is 0.426 e. The highest BCUT2D eigenvalue weighted by molar-refractivity contribution is 9.09. The molecule has 11 heavy (non-hydrogen) atoms. The summed E-state index contributed by atoms with van der Waals surface area (Å²) >= 11 is 3.27. The minimum Gasteiger partial charge on any atom is -0.426 e. The molecular formula is C5H14BBrClNO2. The second-order valence-electron chi connectivity index (χ2n) is 2.26. The molecule has 0 rings (SSSR count). The van der Waals surface area contributed by atoms with Crippen molar-refractivity contribution in [3.8, 4) is 0 Å². The largest absolute Gasteiger partial charge is 0.469 e. The van der Waals surface area contributed by atoms with Crippen molar-refractivity contribution >= 4 is 35.5 Å². The Kier molecular flexibility index (Phi) is 11.4. The number of unbranched alkanes of at least 4 members (excludes halogenated alkanes) is 1. The van der Waals surface area contributed by atoms with Crippen molar-refractivity contribution < 1.29 is 10.0 Å². The Labute approximate surface area is 82.0 Å². The molecule has 3 nitrogen and oxygen atoms in total. The van der Waals surface area contributed by atoms with Gasteiger partial charge in [0, 0.05) is 11.3 Å². The lowest BCUT2D eigenvalue weighted by molar-refractivity contribution is 0.380. The van der Waals surface area contributed by atoms with Gasteiger partial charge in [0.1, 0.15) is 0 Å². The molecule has 6 heteroatoms. The molecule has 0 radical (unpaired) electrons. The third-order valence-electron chi connectivity index (χ3n) is 1.30. The first-order valence-electron chi connectivity index (χ1n) is 3.36. The lowest BCUT2D eigenvalue weighted by Crippen LogP contribution is -2.38. The molecule has 0 unspecified atom stereocenters. The molecule has 0 aromatic carbocycles. The summed E-state index contributed by atoms with van der Waals surface area (Å²) in [5.41, 5.74) is 5.34. The molecule has 0 saturated heterocycles. The van der Waals surface area contributed by atoms with Crippen LogP contribution in [0.25, 0.3) is 0 Å². The zero-order valence-electron chi connectivity index (χ0n) is 6.24. The van der Waals surface area contributed by atoms with Crippen LogP contribution < -0.4 is 5.73 Å². The van der Waals surface area contributed by atoms with E-state index in [1.54, 1.807) is 0 Å². The Morgan fingerprint density at radius 1 is 1.36 bits per heavy atom. The second-order valence-corrected chi connectivity index (χ2v) is 3.06. The molecule has 0 aliphatic heterocycles. The van der Waals surface area contributed by atoms with Gasteiger partial charge in [0.2, 0.25) is 0 Å². The molecule has 0 aliphatic rings. The van der Waals surface area contributed by atoms with Crippen LogP contribution in [-0.4, -0.2) is 28.4 Å². The Bertz CT molecular complexity index is 88.9. The van der Waals surface area contributed by atoms with Crippen molar-refractivity contribution in [1.29, 1.82) is 0 Å². The minimum absolute atomic E-state index is 0. The standard InChI is InChI=1S/C5H13BBrNO2.ClH/c7-4-2-1-3-5(8)6(9)10;/h5,9-10H,1-4,8H2;1H/t5-;/m0./s1. The van der Waals surface area contributed by atoms with Crippen molar-refractivity contribution in [2.45, 2.75) is 25.2 Å². The highest BCUT2D eigenvalue weighted by atomic mass is 79.9. The number of halogens is 2. The monoisotopic (exact) mass is 245 g/mol. The second kappa shape index (κ2) is 8.81. The zero-order valence-corrected chi connectivity index (χ0v) is 8.64. The SMILES string of the molecule is Cl.N[C@@H](CCCCBr)B(O)O. The van der Waals surface area contributed by atoms with Crippen LogP contribution in [0.15, 0.2) is 0 Å². The zero-order chi connectivity index (χ0) is 7.98. The van der Waals surface area contributed by atoms with Gasteiger partial charge >= 0.3 is 7.12 Å². The molecular weight excluding hydrogens is 232 g/mol. The fourth-order valence-corrected chi connectivity index (χ4v) is 1.02. The molecule has 4 N–H and O–H groups in total. The van der Waals surface area contributed by atoms with E-state index in [9.17, 15) is 0 Å². The Morgan fingerprint density at radius 2 is 1.91 bits per heavy atom. The Hall–Kier alpha value is 0.715. The maximum atomic E-state index is 8.54. The summed E-state index contributed by atoms with van der Waals surface area (Å²) in [7, 11) is -1.37. The molecule has 1 atom stereocenters. The van der Waals surface area contributed by atoms with E-state index in [2.05, 4.69) is 15.9 Å². The van der Waals surface area contributed by atoms with Gasteiger partial charge in [-0.15, -0.1) is 12.4 Å². The van der Waals surface area contributed by atoms with E-state index in [0.717, 1.165) is 18.2 Å². The van der Waals surface area contributed by atoms with Crippen LogP contribution in [0.1, 0.15) is 19.3 Å². The molecule has 0 bridgehead atoms. The van der Waals surface area contributed by atoms with Crippen molar-refractivity contribution in [2.75, 3.05) is 5.33 Å². The maximum absolute atomic E-state index is 8.54. The summed E-state index contributed by atoms with van der Waals surface area (Å²) in [4.78, 5) is 0. The normalized spacial score (nSPS) is 12.0. The quantitative estimate of drug-likeness (QED) is 0.372. The Balaban J connectivity index is 0. The highest BCUT2D eigenvalue weighted by Gasteiger charge is 2.17. The lowest BCUT2D eigenvalue weighted by Gasteiger charge is -2.07. The third kappa shape index (κ3) is 8.62. The summed E-state index contributed by atoms with van der Waals surface area (Å²) in [6.45, 7) is 0. The van der Waals surface area contributed by atoms with Gasteiger partial charge in [0.25, 0.3) is 0 Å². The third-order valence-corrected chi connectivity index (χ3v) is 1.86. The van der Waals surface area contributed by atoms with E-state index in [0.29, 0.717) is 6.42 Å². The summed E-state index contributed by atoms with van der Waals surface area (Å²) < 4.78 is 0. The molecule has 68 valence electrons. The van der Waals surface area contributed by atoms with Crippen LogP contribution in [0.5, 0.6) is 0 Å². The number of hydrogen-bond donors (Lipinski definition) is 3. The summed E-state index contributed by atoms with van der Waals surface area (Å²) in [6, 6.07) is 0. The number of hydrogen-bond acceptors (Lipinski definition) is 3. The first-order chi connectivity index (χ1) is 4.68. The average molecular weight is 246 g/mol. The number of alkyl halides is 1. The van der Waals surface area contributed by atoms with E-state index in [1.165, 1.54) is 0 Å². The highest BCUT2D eigenvalue weighted by Crippen LogP contribution is 2.01. The number of rotatable bonds is 5. The van der Waals surface area contributed by atoms with Crippen LogP contribution in [0, 0.1) is 0 Å². The fraction of sp³-hybridized carbons (Fsp3) is 1.00. The summed E-state index contributed by atoms with van der Waals surface area (Å²) in [6.07, 6.45) is 2.63. The van der Waals surface area contributed by atoms with Crippen molar-refractivity contribution in [3.63, 3.8) is 0 Å². The lowest BCUT2D eigenvalue weighted by atomic mass is 9.77. The molecule has 0 spiro atoms. The van der Waals surface area contributed by atoms with E-state index >= 15 is 0 Å². The average Bonchev–Trinajstić information content (AvgIpc) is 1.88. The first-order valence-corrected chi connectivity index (χ1v) is 4.48. The predicted octanol–water partition coefficient (Wildman–Crippen LogP) is 0.313. The van der Waals surface area contributed by atoms with Gasteiger partial charge in [-0.1, -0.05) is 22.4 Å². The molecule has 0 amide bonds. The topological polar surface area (TPSA) is 66.5 Å². The van der Waals surface area contributed by atoms with Gasteiger partial charge in [-0.3, -0.25) is 0 Å². The predicted molar refractivity (Wildman–Crippen MR) is 53.1 cm³/mol. The van der Waals surface area contributed by atoms with Crippen LogP contribution in [0.3, 0.4) is 0 Å². The molecule has 0 heterocycles. The van der Waals surface area contributed by atoms with Crippen LogP contribution in [0.4, 0.5) is 0 Å². The van der Waals surface area contributed by atoms with Crippen LogP contribution in [-0.2, 0) is 0 Å². The van der Waals surface area contributed by atoms with E-state index in [4.69, 9.17) is 15.8 Å². The fourth-order valence-electron chi connectivity index (χ4n) is 0.624. The Morgan fingerprint density at radius 3 is 2.27 bits per heavy atom. The van der Waals surface area contributed by atoms with Gasteiger partial charge in [-0.05, 0) is 12.8 Å². The van der Waals surface area contributed by atoms with E-state index in [1.807, 2.05) is 0 Å². The molecule has 0 aromatic rings. The van der Waals surface area contributed by atoms with Crippen molar-refractivity contribution in [1.82, 2.24) is 0 Å². The molecule has 0 saturated carbocycles. The van der Waals surface area contributed by atoms with Gasteiger partial charge in [-0.25, -0.2) is 0 Å². The van der Waals surface area contributed by atoms with Crippen molar-refractivity contribution in [2.24, 2.45) is 5.73 Å². The van der Waals surface area contributed by atoms with E-state index in [-0.39, 0.29) is 12.4 Å². The minimum atomic E-state index is -1.37. The van der Waals surface area contributed by atoms with Gasteiger partial charge in [0.15, 0.2) is 0 Å². The van der Waals surface area contributed by atoms with Gasteiger partial charge < -0.3 is 15.8 Å². The van der Waals surface area contributed by atoms with Gasteiger partial charge in [-0.2, -0.15) is 0 Å². The van der Waals surface area contributed by atoms with Crippen molar-refractivity contribution in [3.05, 3.63) is 0 Å².